The normalized spacial score (nSPS) is 21.7. The molecule has 5 aromatic rings. The fourth-order valence-corrected chi connectivity index (χ4v) is 12.2. The number of fused-ring (bicyclic) bond motifs is 1. The highest BCUT2D eigenvalue weighted by Crippen LogP contribution is 2.52. The molecule has 2 aromatic heterocycles. The Balaban J connectivity index is 0.665. The Kier molecular flexibility index (Phi) is 12.5. The number of halogens is 2. The zero-order valence-corrected chi connectivity index (χ0v) is 40.1. The molecule has 356 valence electrons. The summed E-state index contributed by atoms with van der Waals surface area (Å²) in [5.74, 6) is 0.998. The first kappa shape index (κ1) is 46.1. The average molecular weight is 943 g/mol. The first-order valence-corrected chi connectivity index (χ1v) is 24.8. The molecule has 1 N–H and O–H groups in total. The summed E-state index contributed by atoms with van der Waals surface area (Å²) in [6.07, 6.45) is 9.79. The number of carbonyl (C=O) groups excluding carboxylic acids is 2. The van der Waals surface area contributed by atoms with Crippen LogP contribution in [0.15, 0.2) is 77.7 Å². The maximum atomic E-state index is 16.5. The summed E-state index contributed by atoms with van der Waals surface area (Å²) in [5.41, 5.74) is 4.65. The lowest BCUT2D eigenvalue weighted by atomic mass is 9.59. The van der Waals surface area contributed by atoms with E-state index in [-0.39, 0.29) is 29.4 Å². The first-order valence-electron chi connectivity index (χ1n) is 24.4. The Labute approximate surface area is 402 Å². The van der Waals surface area contributed by atoms with E-state index in [4.69, 9.17) is 27.9 Å². The number of piperidine rings is 4. The average Bonchev–Trinajstić information content (AvgIpc) is 3.59. The van der Waals surface area contributed by atoms with Crippen LogP contribution in [0.25, 0.3) is 15.9 Å². The molecule has 1 aliphatic carbocycles. The largest absolute Gasteiger partial charge is 0.487 e. The molecular formula is C53H61ClFN9O4. The van der Waals surface area contributed by atoms with Crippen LogP contribution in [-0.2, 0) is 28.7 Å². The van der Waals surface area contributed by atoms with E-state index in [0.717, 1.165) is 110 Å². The second kappa shape index (κ2) is 18.4. The summed E-state index contributed by atoms with van der Waals surface area (Å²) in [5, 5.41) is 2.95. The number of alkyl halides is 1. The molecule has 13 nitrogen and oxygen atoms in total. The number of rotatable bonds is 11. The fourth-order valence-electron chi connectivity index (χ4n) is 12.0. The highest BCUT2D eigenvalue weighted by molar-refractivity contribution is 6.31. The minimum Gasteiger partial charge on any atom is -0.487 e. The molecule has 5 fully saturated rings. The van der Waals surface area contributed by atoms with Crippen LogP contribution in [0.5, 0.6) is 5.75 Å². The van der Waals surface area contributed by atoms with Crippen molar-refractivity contribution in [1.29, 1.82) is 0 Å². The topological polar surface area (TPSA) is 122 Å². The number of ether oxygens (including phenoxy) is 1. The standard InChI is InChI=1S/C53H61ClFN9O4/c1-51(2,37-28-38(54)30-40(29-37)56-3)36-8-10-42(11-9-36)68-33-39-14-21-57-49(58-39)63-24-17-52(18-25-63)31-41(32-52)62-26-19-53(55,20-27-62)34-61-22-15-35(16-23-61)43-6-5-7-44-47(43)60(4)50(67)64(44)45-12-13-46(65)59-48(45)66/h5-11,14,21,28-30,35,41,45H,12-13,15-20,22-27,31-34H2,1-2,4H3,(H,59,65,66). The van der Waals surface area contributed by atoms with Gasteiger partial charge in [0.05, 0.1) is 23.3 Å². The predicted octanol–water partition coefficient (Wildman–Crippen LogP) is 8.65. The number of anilines is 1. The number of hydrogen-bond donors (Lipinski definition) is 1. The van der Waals surface area contributed by atoms with E-state index in [1.54, 1.807) is 22.2 Å². The summed E-state index contributed by atoms with van der Waals surface area (Å²) in [6, 6.07) is 21.2. The lowest BCUT2D eigenvalue weighted by molar-refractivity contribution is -0.135. The third-order valence-electron chi connectivity index (χ3n) is 16.2. The zero-order chi connectivity index (χ0) is 47.4. The van der Waals surface area contributed by atoms with Crippen molar-refractivity contribution < 1.29 is 18.7 Å². The molecule has 1 unspecified atom stereocenters. The maximum Gasteiger partial charge on any atom is 0.329 e. The number of imidazole rings is 1. The van der Waals surface area contributed by atoms with Crippen molar-refractivity contribution in [1.82, 2.24) is 34.2 Å². The number of aryl methyl sites for hydroxylation is 1. The van der Waals surface area contributed by atoms with Gasteiger partial charge in [-0.25, -0.2) is 24.0 Å². The van der Waals surface area contributed by atoms with Crippen molar-refractivity contribution in [2.24, 2.45) is 12.5 Å². The van der Waals surface area contributed by atoms with Gasteiger partial charge in [0.25, 0.3) is 0 Å². The minimum absolute atomic E-state index is 0.207. The van der Waals surface area contributed by atoms with E-state index < -0.39 is 17.6 Å². The Hall–Kier alpha value is -5.62. The van der Waals surface area contributed by atoms with Gasteiger partial charge in [-0.15, -0.1) is 0 Å². The monoisotopic (exact) mass is 941 g/mol. The van der Waals surface area contributed by atoms with Crippen LogP contribution in [0.2, 0.25) is 5.02 Å². The molecular weight excluding hydrogens is 881 g/mol. The highest BCUT2D eigenvalue weighted by Gasteiger charge is 2.50. The smallest absolute Gasteiger partial charge is 0.329 e. The zero-order valence-electron chi connectivity index (χ0n) is 39.4. The molecule has 15 heteroatoms. The molecule has 5 aliphatic rings. The van der Waals surface area contributed by atoms with E-state index in [1.165, 1.54) is 12.8 Å². The van der Waals surface area contributed by atoms with E-state index in [9.17, 15) is 14.4 Å². The Morgan fingerprint density at radius 1 is 0.912 bits per heavy atom. The van der Waals surface area contributed by atoms with E-state index >= 15 is 4.39 Å². The third-order valence-corrected chi connectivity index (χ3v) is 16.5. The molecule has 0 radical (unpaired) electrons. The highest BCUT2D eigenvalue weighted by atomic mass is 35.5. The van der Waals surface area contributed by atoms with Gasteiger partial charge in [0, 0.05) is 68.9 Å². The Morgan fingerprint density at radius 2 is 1.65 bits per heavy atom. The maximum absolute atomic E-state index is 16.5. The van der Waals surface area contributed by atoms with Crippen LogP contribution in [0.1, 0.15) is 112 Å². The lowest BCUT2D eigenvalue weighted by Crippen LogP contribution is -2.58. The molecule has 1 saturated carbocycles. The van der Waals surface area contributed by atoms with Crippen LogP contribution in [0, 0.1) is 12.0 Å². The number of likely N-dealkylation sites (tertiary alicyclic amines) is 2. The number of nitrogens with zero attached hydrogens (tertiary/aromatic N) is 8. The Bertz CT molecular complexity index is 2800. The molecule has 1 atom stereocenters. The van der Waals surface area contributed by atoms with Gasteiger partial charge in [0.1, 0.15) is 24.1 Å². The third kappa shape index (κ3) is 9.05. The number of carbonyl (C=O) groups is 2. The number of imide groups is 1. The summed E-state index contributed by atoms with van der Waals surface area (Å²) in [4.78, 5) is 58.4. The van der Waals surface area contributed by atoms with E-state index in [2.05, 4.69) is 61.9 Å². The number of aromatic nitrogens is 4. The fraction of sp³-hybridized carbons (Fsp3) is 0.509. The Morgan fingerprint density at radius 3 is 2.35 bits per heavy atom. The van der Waals surface area contributed by atoms with Crippen LogP contribution < -0.4 is 20.6 Å². The van der Waals surface area contributed by atoms with Gasteiger partial charge in [0.15, 0.2) is 5.69 Å². The van der Waals surface area contributed by atoms with Crippen molar-refractivity contribution in [3.8, 4) is 5.75 Å². The van der Waals surface area contributed by atoms with E-state index in [0.29, 0.717) is 54.6 Å². The van der Waals surface area contributed by atoms with Gasteiger partial charge in [-0.1, -0.05) is 55.8 Å². The molecule has 4 saturated heterocycles. The van der Waals surface area contributed by atoms with Crippen LogP contribution in [-0.4, -0.2) is 98.2 Å². The number of nitrogens with one attached hydrogen (secondary N) is 1. The van der Waals surface area contributed by atoms with Gasteiger partial charge < -0.3 is 19.4 Å². The van der Waals surface area contributed by atoms with Crippen molar-refractivity contribution in [2.45, 2.75) is 114 Å². The molecule has 6 heterocycles. The second-order valence-electron chi connectivity index (χ2n) is 20.8. The van der Waals surface area contributed by atoms with Gasteiger partial charge in [-0.05, 0) is 135 Å². The summed E-state index contributed by atoms with van der Waals surface area (Å²) in [6.45, 7) is 17.5. The van der Waals surface area contributed by atoms with Crippen LogP contribution in [0.3, 0.4) is 0 Å². The predicted molar refractivity (Wildman–Crippen MR) is 261 cm³/mol. The summed E-state index contributed by atoms with van der Waals surface area (Å²) >= 11 is 6.33. The molecule has 10 rings (SSSR count). The van der Waals surface area contributed by atoms with Gasteiger partial charge >= 0.3 is 5.69 Å². The number of benzene rings is 3. The minimum atomic E-state index is -1.19. The molecule has 3 aromatic carbocycles. The SMILES string of the molecule is [C-]#[N+]c1cc(Cl)cc(C(C)(C)c2ccc(OCc3ccnc(N4CCC5(CC4)CC(N4CCC(F)(CN6CCC(c7cccc8c7n(C)c(=O)n8C7CCC(=O)NC7=O)CC6)CC4)C5)n3)cc2)c1. The second-order valence-corrected chi connectivity index (χ2v) is 21.2. The van der Waals surface area contributed by atoms with Gasteiger partial charge in [0.2, 0.25) is 17.8 Å². The quantitative estimate of drug-likeness (QED) is 0.103. The number of para-hydroxylation sites is 1. The summed E-state index contributed by atoms with van der Waals surface area (Å²) in [7, 11) is 1.76. The van der Waals surface area contributed by atoms with Gasteiger partial charge in [-0.2, -0.15) is 0 Å². The van der Waals surface area contributed by atoms with Crippen molar-refractivity contribution in [2.75, 3.05) is 50.7 Å². The molecule has 2 amide bonds. The molecule has 4 aliphatic heterocycles. The van der Waals surface area contributed by atoms with Crippen molar-refractivity contribution >= 4 is 46.1 Å². The molecule has 1 spiro atoms. The van der Waals surface area contributed by atoms with Crippen molar-refractivity contribution in [3.63, 3.8) is 0 Å². The number of amides is 2. The molecule has 68 heavy (non-hydrogen) atoms. The van der Waals surface area contributed by atoms with Gasteiger partial charge in [-0.3, -0.25) is 24.0 Å². The lowest BCUT2D eigenvalue weighted by Gasteiger charge is -2.56. The van der Waals surface area contributed by atoms with Crippen molar-refractivity contribution in [3.05, 3.63) is 122 Å². The first-order chi connectivity index (χ1) is 32.7. The van der Waals surface area contributed by atoms with E-state index in [1.807, 2.05) is 48.7 Å². The van der Waals surface area contributed by atoms with Crippen LogP contribution in [0.4, 0.5) is 16.0 Å². The molecule has 0 bridgehead atoms. The summed E-state index contributed by atoms with van der Waals surface area (Å²) < 4.78 is 25.9. The number of hydrogen-bond acceptors (Lipinski definition) is 9. The van der Waals surface area contributed by atoms with Crippen LogP contribution >= 0.6 is 11.6 Å².